The van der Waals surface area contributed by atoms with Crippen molar-refractivity contribution in [3.8, 4) is 0 Å². The third kappa shape index (κ3) is 17.2. The van der Waals surface area contributed by atoms with Crippen LogP contribution in [0.15, 0.2) is 12.2 Å². The first-order chi connectivity index (χ1) is 9.27. The van der Waals surface area contributed by atoms with E-state index < -0.39 is 5.97 Å². The quantitative estimate of drug-likeness (QED) is 0.366. The minimum Gasteiger partial charge on any atom is -0.481 e. The molecule has 0 spiro atoms. The Kier molecular flexibility index (Phi) is 14.6. The van der Waals surface area contributed by atoms with Gasteiger partial charge in [0.2, 0.25) is 0 Å². The van der Waals surface area contributed by atoms with Crippen molar-refractivity contribution in [3.05, 3.63) is 12.2 Å². The Morgan fingerprint density at radius 1 is 0.789 bits per heavy atom. The van der Waals surface area contributed by atoms with Crippen LogP contribution in [-0.4, -0.2) is 17.6 Å². The number of allylic oxidation sites excluding steroid dienone is 2. The van der Waals surface area contributed by atoms with Gasteiger partial charge in [-0.2, -0.15) is 0 Å². The van der Waals surface area contributed by atoms with Crippen LogP contribution in [0.4, 0.5) is 0 Å². The summed E-state index contributed by atoms with van der Waals surface area (Å²) in [5, 5.41) is 8.49. The lowest BCUT2D eigenvalue weighted by atomic mass is 10.1. The summed E-state index contributed by atoms with van der Waals surface area (Å²) in [6.07, 6.45) is 17.8. The summed E-state index contributed by atoms with van der Waals surface area (Å²) in [7, 11) is 0. The molecule has 3 nitrogen and oxygen atoms in total. The zero-order valence-electron chi connectivity index (χ0n) is 12.3. The van der Waals surface area contributed by atoms with Gasteiger partial charge in [-0.25, -0.2) is 0 Å². The second-order valence-electron chi connectivity index (χ2n) is 5.16. The lowest BCUT2D eigenvalue weighted by molar-refractivity contribution is -0.137. The van der Waals surface area contributed by atoms with Crippen molar-refractivity contribution in [1.82, 2.24) is 0 Å². The number of rotatable bonds is 14. The standard InChI is InChI=1S/C16H31NO2/c17-15-13-11-9-7-5-3-1-2-4-6-8-10-12-14-16(18)19/h1,3H,2,4-15,17H2,(H,18,19). The molecule has 0 bridgehead atoms. The molecule has 0 aliphatic rings. The summed E-state index contributed by atoms with van der Waals surface area (Å²) in [6, 6.07) is 0. The fourth-order valence-corrected chi connectivity index (χ4v) is 2.06. The lowest BCUT2D eigenvalue weighted by Gasteiger charge is -1.98. The molecule has 3 N–H and O–H groups in total. The third-order valence-corrected chi connectivity index (χ3v) is 3.25. The van der Waals surface area contributed by atoms with Crippen LogP contribution in [0.1, 0.15) is 77.0 Å². The van der Waals surface area contributed by atoms with E-state index in [0.29, 0.717) is 6.42 Å². The van der Waals surface area contributed by atoms with Crippen LogP contribution in [-0.2, 0) is 4.79 Å². The minimum absolute atomic E-state index is 0.323. The Balaban J connectivity index is 3.06. The van der Waals surface area contributed by atoms with Crippen molar-refractivity contribution in [2.75, 3.05) is 6.54 Å². The van der Waals surface area contributed by atoms with Gasteiger partial charge in [0, 0.05) is 6.42 Å². The number of unbranched alkanes of at least 4 members (excludes halogenated alkanes) is 9. The molecule has 112 valence electrons. The van der Waals surface area contributed by atoms with Crippen LogP contribution in [0.3, 0.4) is 0 Å². The SMILES string of the molecule is NCCCCCCC=CCCCCCCCC(=O)O. The molecule has 0 aromatic rings. The highest BCUT2D eigenvalue weighted by Gasteiger charge is 1.95. The summed E-state index contributed by atoms with van der Waals surface area (Å²) in [5.41, 5.74) is 5.44. The van der Waals surface area contributed by atoms with Crippen LogP contribution in [0, 0.1) is 0 Å². The number of carboxylic acids is 1. The maximum absolute atomic E-state index is 10.3. The largest absolute Gasteiger partial charge is 0.481 e. The van der Waals surface area contributed by atoms with E-state index in [1.165, 1.54) is 51.4 Å². The Labute approximate surface area is 118 Å². The molecule has 3 heteroatoms. The summed E-state index contributed by atoms with van der Waals surface area (Å²) in [5.74, 6) is -0.672. The highest BCUT2D eigenvalue weighted by Crippen LogP contribution is 2.08. The molecule has 0 unspecified atom stereocenters. The highest BCUT2D eigenvalue weighted by atomic mass is 16.4. The summed E-state index contributed by atoms with van der Waals surface area (Å²) in [4.78, 5) is 10.3. The molecule has 0 heterocycles. The zero-order chi connectivity index (χ0) is 14.2. The van der Waals surface area contributed by atoms with Crippen LogP contribution < -0.4 is 5.73 Å². The second-order valence-corrected chi connectivity index (χ2v) is 5.16. The van der Waals surface area contributed by atoms with Gasteiger partial charge in [0.1, 0.15) is 0 Å². The highest BCUT2D eigenvalue weighted by molar-refractivity contribution is 5.66. The average Bonchev–Trinajstić information content (AvgIpc) is 2.39. The van der Waals surface area contributed by atoms with Gasteiger partial charge in [0.05, 0.1) is 0 Å². The van der Waals surface area contributed by atoms with Crippen molar-refractivity contribution in [2.24, 2.45) is 5.73 Å². The van der Waals surface area contributed by atoms with Crippen LogP contribution in [0.25, 0.3) is 0 Å². The lowest BCUT2D eigenvalue weighted by Crippen LogP contribution is -1.97. The Hall–Kier alpha value is -0.830. The molecule has 0 aromatic heterocycles. The zero-order valence-corrected chi connectivity index (χ0v) is 12.3. The summed E-state index contributed by atoms with van der Waals surface area (Å²) >= 11 is 0. The molecule has 19 heavy (non-hydrogen) atoms. The van der Waals surface area contributed by atoms with Gasteiger partial charge < -0.3 is 10.8 Å². The molecule has 0 atom stereocenters. The number of hydrogen-bond acceptors (Lipinski definition) is 2. The first-order valence-electron chi connectivity index (χ1n) is 7.84. The topological polar surface area (TPSA) is 63.3 Å². The second kappa shape index (κ2) is 15.2. The van der Waals surface area contributed by atoms with Crippen LogP contribution >= 0.6 is 0 Å². The van der Waals surface area contributed by atoms with Gasteiger partial charge >= 0.3 is 5.97 Å². The van der Waals surface area contributed by atoms with E-state index in [0.717, 1.165) is 25.8 Å². The smallest absolute Gasteiger partial charge is 0.303 e. The van der Waals surface area contributed by atoms with E-state index in [1.807, 2.05) is 0 Å². The van der Waals surface area contributed by atoms with Gasteiger partial charge in [0.15, 0.2) is 0 Å². The molecule has 0 radical (unpaired) electrons. The number of aliphatic carboxylic acids is 1. The predicted molar refractivity (Wildman–Crippen MR) is 81.2 cm³/mol. The number of nitrogens with two attached hydrogens (primary N) is 1. The molecule has 0 amide bonds. The maximum Gasteiger partial charge on any atom is 0.303 e. The third-order valence-electron chi connectivity index (χ3n) is 3.25. The van der Waals surface area contributed by atoms with Crippen LogP contribution in [0.5, 0.6) is 0 Å². The van der Waals surface area contributed by atoms with Crippen molar-refractivity contribution in [1.29, 1.82) is 0 Å². The van der Waals surface area contributed by atoms with E-state index in [-0.39, 0.29) is 0 Å². The van der Waals surface area contributed by atoms with Gasteiger partial charge in [0.25, 0.3) is 0 Å². The van der Waals surface area contributed by atoms with E-state index in [9.17, 15) is 4.79 Å². The van der Waals surface area contributed by atoms with Crippen molar-refractivity contribution in [2.45, 2.75) is 77.0 Å². The van der Waals surface area contributed by atoms with E-state index in [2.05, 4.69) is 12.2 Å². The van der Waals surface area contributed by atoms with Crippen molar-refractivity contribution >= 4 is 5.97 Å². The average molecular weight is 269 g/mol. The molecular weight excluding hydrogens is 238 g/mol. The van der Waals surface area contributed by atoms with Gasteiger partial charge in [-0.3, -0.25) is 4.79 Å². The van der Waals surface area contributed by atoms with Crippen LogP contribution in [0.2, 0.25) is 0 Å². The molecule has 0 aromatic carbocycles. The Bertz CT molecular complexity index is 227. The fraction of sp³-hybridized carbons (Fsp3) is 0.812. The van der Waals surface area contributed by atoms with E-state index >= 15 is 0 Å². The van der Waals surface area contributed by atoms with Crippen molar-refractivity contribution in [3.63, 3.8) is 0 Å². The molecule has 0 aliphatic carbocycles. The Morgan fingerprint density at radius 2 is 1.26 bits per heavy atom. The number of hydrogen-bond donors (Lipinski definition) is 2. The summed E-state index contributed by atoms with van der Waals surface area (Å²) < 4.78 is 0. The first-order valence-corrected chi connectivity index (χ1v) is 7.84. The molecular formula is C16H31NO2. The van der Waals surface area contributed by atoms with Gasteiger partial charge in [-0.05, 0) is 45.1 Å². The monoisotopic (exact) mass is 269 g/mol. The number of carbonyl (C=O) groups is 1. The van der Waals surface area contributed by atoms with Crippen molar-refractivity contribution < 1.29 is 9.90 Å². The normalized spacial score (nSPS) is 11.2. The molecule has 0 aliphatic heterocycles. The van der Waals surface area contributed by atoms with Gasteiger partial charge in [-0.15, -0.1) is 0 Å². The summed E-state index contributed by atoms with van der Waals surface area (Å²) in [6.45, 7) is 0.822. The Morgan fingerprint density at radius 3 is 1.79 bits per heavy atom. The maximum atomic E-state index is 10.3. The number of carboxylic acid groups (broad SMARTS) is 1. The first kappa shape index (κ1) is 18.2. The molecule has 0 saturated carbocycles. The van der Waals surface area contributed by atoms with Gasteiger partial charge in [-0.1, -0.05) is 44.3 Å². The fourth-order valence-electron chi connectivity index (χ4n) is 2.06. The molecule has 0 fully saturated rings. The molecule has 0 rings (SSSR count). The van der Waals surface area contributed by atoms with E-state index in [1.54, 1.807) is 0 Å². The predicted octanol–water partition coefficient (Wildman–Crippen LogP) is 4.27. The molecule has 0 saturated heterocycles. The minimum atomic E-state index is -0.672. The van der Waals surface area contributed by atoms with E-state index in [4.69, 9.17) is 10.8 Å².